The number of benzene rings is 1. The van der Waals surface area contributed by atoms with Crippen molar-refractivity contribution in [1.82, 2.24) is 9.97 Å². The van der Waals surface area contributed by atoms with Crippen molar-refractivity contribution in [3.8, 4) is 0 Å². The number of aromatic nitrogens is 2. The number of nitrogens with one attached hydrogen (secondary N) is 1. The second-order valence-corrected chi connectivity index (χ2v) is 4.56. The summed E-state index contributed by atoms with van der Waals surface area (Å²) >= 11 is 9.22. The first-order chi connectivity index (χ1) is 7.65. The van der Waals surface area contributed by atoms with Crippen LogP contribution in [0.1, 0.15) is 5.56 Å². The van der Waals surface area contributed by atoms with Crippen LogP contribution in [0.3, 0.4) is 0 Å². The summed E-state index contributed by atoms with van der Waals surface area (Å²) < 4.78 is 1.05. The molecular weight excluding hydrogens is 289 g/mol. The van der Waals surface area contributed by atoms with Gasteiger partial charge in [-0.3, -0.25) is 4.98 Å². The van der Waals surface area contributed by atoms with Crippen molar-refractivity contribution >= 4 is 39.0 Å². The van der Waals surface area contributed by atoms with Crippen LogP contribution in [-0.4, -0.2) is 9.97 Å². The number of rotatable bonds is 2. The maximum absolute atomic E-state index is 5.74. The van der Waals surface area contributed by atoms with E-state index >= 15 is 0 Å². The van der Waals surface area contributed by atoms with Crippen LogP contribution in [0.4, 0.5) is 11.5 Å². The van der Waals surface area contributed by atoms with Gasteiger partial charge in [-0.2, -0.15) is 0 Å². The number of hydrogen-bond acceptors (Lipinski definition) is 3. The Bertz CT molecular complexity index is 516. The van der Waals surface area contributed by atoms with Crippen LogP contribution in [0, 0.1) is 6.92 Å². The number of anilines is 2. The molecule has 2 aromatic rings. The molecule has 0 aliphatic heterocycles. The fourth-order valence-electron chi connectivity index (χ4n) is 1.22. The maximum Gasteiger partial charge on any atom is 0.150 e. The van der Waals surface area contributed by atoms with Gasteiger partial charge in [0.15, 0.2) is 5.82 Å². The molecule has 0 bridgehead atoms. The lowest BCUT2D eigenvalue weighted by atomic mass is 10.2. The number of hydrogen-bond donors (Lipinski definition) is 1. The van der Waals surface area contributed by atoms with Crippen LogP contribution in [0.2, 0.25) is 5.15 Å². The minimum absolute atomic E-state index is 0.371. The molecule has 0 atom stereocenters. The van der Waals surface area contributed by atoms with Crippen molar-refractivity contribution in [3.63, 3.8) is 0 Å². The summed E-state index contributed by atoms with van der Waals surface area (Å²) in [6, 6.07) is 5.98. The lowest BCUT2D eigenvalue weighted by Crippen LogP contribution is -1.94. The Labute approximate surface area is 107 Å². The normalized spacial score (nSPS) is 10.2. The van der Waals surface area contributed by atoms with Crippen molar-refractivity contribution < 1.29 is 0 Å². The van der Waals surface area contributed by atoms with E-state index < -0.39 is 0 Å². The molecule has 0 unspecified atom stereocenters. The van der Waals surface area contributed by atoms with Gasteiger partial charge in [0.05, 0.1) is 12.4 Å². The van der Waals surface area contributed by atoms with E-state index in [0.717, 1.165) is 10.2 Å². The summed E-state index contributed by atoms with van der Waals surface area (Å²) in [7, 11) is 0. The van der Waals surface area contributed by atoms with Gasteiger partial charge in [0.1, 0.15) is 5.15 Å². The first-order valence-corrected chi connectivity index (χ1v) is 5.83. The zero-order valence-electron chi connectivity index (χ0n) is 8.54. The molecule has 2 rings (SSSR count). The minimum Gasteiger partial charge on any atom is -0.339 e. The van der Waals surface area contributed by atoms with Crippen LogP contribution in [0.5, 0.6) is 0 Å². The summed E-state index contributed by atoms with van der Waals surface area (Å²) in [5, 5.41) is 3.50. The minimum atomic E-state index is 0.371. The predicted octanol–water partition coefficient (Wildman–Crippen LogP) is 3.94. The van der Waals surface area contributed by atoms with Gasteiger partial charge in [0.25, 0.3) is 0 Å². The molecule has 0 fully saturated rings. The Morgan fingerprint density at radius 3 is 2.81 bits per heavy atom. The fourth-order valence-corrected chi connectivity index (χ4v) is 1.75. The van der Waals surface area contributed by atoms with E-state index in [-0.39, 0.29) is 0 Å². The van der Waals surface area contributed by atoms with E-state index in [1.807, 2.05) is 25.1 Å². The highest BCUT2D eigenvalue weighted by Gasteiger charge is 2.00. The largest absolute Gasteiger partial charge is 0.339 e. The molecular formula is C11H9BrClN3. The van der Waals surface area contributed by atoms with Gasteiger partial charge in [0.2, 0.25) is 0 Å². The molecule has 1 aromatic heterocycles. The van der Waals surface area contributed by atoms with Crippen LogP contribution in [0.25, 0.3) is 0 Å². The van der Waals surface area contributed by atoms with Crippen LogP contribution in [0.15, 0.2) is 35.1 Å². The zero-order valence-corrected chi connectivity index (χ0v) is 10.9. The number of nitrogens with zero attached hydrogens (tertiary/aromatic N) is 2. The van der Waals surface area contributed by atoms with Gasteiger partial charge in [-0.05, 0) is 24.6 Å². The van der Waals surface area contributed by atoms with Gasteiger partial charge in [-0.1, -0.05) is 33.6 Å². The second kappa shape index (κ2) is 4.80. The van der Waals surface area contributed by atoms with E-state index in [9.17, 15) is 0 Å². The predicted molar refractivity (Wildman–Crippen MR) is 69.2 cm³/mol. The third-order valence-corrected chi connectivity index (χ3v) is 3.09. The lowest BCUT2D eigenvalue weighted by molar-refractivity contribution is 1.20. The van der Waals surface area contributed by atoms with Gasteiger partial charge in [-0.15, -0.1) is 0 Å². The molecule has 1 N–H and O–H groups in total. The molecule has 0 amide bonds. The summed E-state index contributed by atoms with van der Waals surface area (Å²) in [5.41, 5.74) is 2.12. The summed E-state index contributed by atoms with van der Waals surface area (Å²) in [6.07, 6.45) is 3.12. The first-order valence-electron chi connectivity index (χ1n) is 4.66. The average Bonchev–Trinajstić information content (AvgIpc) is 2.24. The molecule has 0 saturated heterocycles. The van der Waals surface area contributed by atoms with Gasteiger partial charge < -0.3 is 5.32 Å². The van der Waals surface area contributed by atoms with Gasteiger partial charge in [0, 0.05) is 10.2 Å². The van der Waals surface area contributed by atoms with E-state index in [1.165, 1.54) is 11.8 Å². The van der Waals surface area contributed by atoms with E-state index in [1.54, 1.807) is 6.20 Å². The summed E-state index contributed by atoms with van der Waals surface area (Å²) in [5.74, 6) is 0.628. The number of aryl methyl sites for hydroxylation is 1. The average molecular weight is 299 g/mol. The molecule has 0 spiro atoms. The van der Waals surface area contributed by atoms with Gasteiger partial charge >= 0.3 is 0 Å². The fraction of sp³-hybridized carbons (Fsp3) is 0.0909. The highest BCUT2D eigenvalue weighted by molar-refractivity contribution is 9.10. The molecule has 0 aliphatic rings. The summed E-state index contributed by atoms with van der Waals surface area (Å²) in [6.45, 7) is 2.03. The Hall–Kier alpha value is -1.13. The Morgan fingerprint density at radius 2 is 2.12 bits per heavy atom. The van der Waals surface area contributed by atoms with Crippen molar-refractivity contribution in [2.24, 2.45) is 0 Å². The molecule has 5 heteroatoms. The SMILES string of the molecule is Cc1ccc(Nc2cncc(Cl)n2)cc1Br. The molecule has 0 saturated carbocycles. The van der Waals surface area contributed by atoms with Crippen molar-refractivity contribution in [1.29, 1.82) is 0 Å². The van der Waals surface area contributed by atoms with E-state index in [0.29, 0.717) is 11.0 Å². The molecule has 1 aromatic carbocycles. The molecule has 0 aliphatic carbocycles. The second-order valence-electron chi connectivity index (χ2n) is 3.32. The smallest absolute Gasteiger partial charge is 0.150 e. The molecule has 82 valence electrons. The zero-order chi connectivity index (χ0) is 11.5. The Balaban J connectivity index is 2.24. The van der Waals surface area contributed by atoms with Crippen LogP contribution >= 0.6 is 27.5 Å². The summed E-state index contributed by atoms with van der Waals surface area (Å²) in [4.78, 5) is 8.05. The van der Waals surface area contributed by atoms with E-state index in [4.69, 9.17) is 11.6 Å². The monoisotopic (exact) mass is 297 g/mol. The van der Waals surface area contributed by atoms with Gasteiger partial charge in [-0.25, -0.2) is 4.98 Å². The molecule has 16 heavy (non-hydrogen) atoms. The quantitative estimate of drug-likeness (QED) is 0.912. The third-order valence-electron chi connectivity index (χ3n) is 2.05. The third kappa shape index (κ3) is 2.71. The van der Waals surface area contributed by atoms with Crippen LogP contribution in [-0.2, 0) is 0 Å². The lowest BCUT2D eigenvalue weighted by Gasteiger charge is -2.06. The highest BCUT2D eigenvalue weighted by atomic mass is 79.9. The van der Waals surface area contributed by atoms with Crippen molar-refractivity contribution in [2.75, 3.05) is 5.32 Å². The first kappa shape index (κ1) is 11.4. The highest BCUT2D eigenvalue weighted by Crippen LogP contribution is 2.22. The molecule has 0 radical (unpaired) electrons. The molecule has 3 nitrogen and oxygen atoms in total. The topological polar surface area (TPSA) is 37.8 Å². The standard InChI is InChI=1S/C11H9BrClN3/c1-7-2-3-8(4-9(7)12)15-11-6-14-5-10(13)16-11/h2-6H,1H3,(H,15,16). The number of halogens is 2. The van der Waals surface area contributed by atoms with Crippen molar-refractivity contribution in [3.05, 3.63) is 45.8 Å². The molecule has 1 heterocycles. The van der Waals surface area contributed by atoms with E-state index in [2.05, 4.69) is 31.2 Å². The Morgan fingerprint density at radius 1 is 1.31 bits per heavy atom. The maximum atomic E-state index is 5.74. The van der Waals surface area contributed by atoms with Crippen molar-refractivity contribution in [2.45, 2.75) is 6.92 Å². The Kier molecular flexibility index (Phi) is 3.41. The van der Waals surface area contributed by atoms with Crippen LogP contribution < -0.4 is 5.32 Å².